The molecule has 5 nitrogen and oxygen atoms in total. The van der Waals surface area contributed by atoms with E-state index < -0.39 is 11.9 Å². The van der Waals surface area contributed by atoms with E-state index in [4.69, 9.17) is 4.74 Å². The van der Waals surface area contributed by atoms with Gasteiger partial charge in [0, 0.05) is 10.0 Å². The summed E-state index contributed by atoms with van der Waals surface area (Å²) in [6.07, 6.45) is 1.32. The summed E-state index contributed by atoms with van der Waals surface area (Å²) in [5.74, 6) is -1.35. The third-order valence-electron chi connectivity index (χ3n) is 2.98. The van der Waals surface area contributed by atoms with Crippen molar-refractivity contribution < 1.29 is 19.4 Å². The molecule has 0 fully saturated rings. The standard InChI is InChI=1S/C17H14BrNO4/c1-23-14-7-5-11(6-8-14)9-15(17(21)22)19-16(20)12-3-2-4-13(18)10-12/h2-10H,1H3,(H,19,20)(H,21,22)/p-1/b15-9-. The highest BCUT2D eigenvalue weighted by atomic mass is 79.9. The molecule has 0 bridgehead atoms. The van der Waals surface area contributed by atoms with E-state index in [0.29, 0.717) is 16.9 Å². The fourth-order valence-corrected chi connectivity index (χ4v) is 2.24. The van der Waals surface area contributed by atoms with Crippen LogP contribution in [0.2, 0.25) is 0 Å². The molecule has 2 aromatic carbocycles. The number of amides is 1. The third kappa shape index (κ3) is 4.69. The van der Waals surface area contributed by atoms with Gasteiger partial charge < -0.3 is 20.0 Å². The van der Waals surface area contributed by atoms with Gasteiger partial charge in [-0.2, -0.15) is 0 Å². The van der Waals surface area contributed by atoms with Gasteiger partial charge in [0.1, 0.15) is 5.75 Å². The molecule has 0 aliphatic rings. The molecule has 0 heterocycles. The van der Waals surface area contributed by atoms with Gasteiger partial charge in [0.15, 0.2) is 0 Å². The van der Waals surface area contributed by atoms with Crippen LogP contribution in [0, 0.1) is 0 Å². The molecule has 0 aliphatic heterocycles. The number of ether oxygens (including phenoxy) is 1. The summed E-state index contributed by atoms with van der Waals surface area (Å²) in [7, 11) is 1.54. The van der Waals surface area contributed by atoms with Crippen LogP contribution in [0.3, 0.4) is 0 Å². The summed E-state index contributed by atoms with van der Waals surface area (Å²) in [6, 6.07) is 13.4. The predicted molar refractivity (Wildman–Crippen MR) is 87.6 cm³/mol. The Morgan fingerprint density at radius 1 is 1.17 bits per heavy atom. The number of carboxylic acids is 1. The van der Waals surface area contributed by atoms with Crippen LogP contribution in [0.4, 0.5) is 0 Å². The maximum Gasteiger partial charge on any atom is 0.255 e. The minimum absolute atomic E-state index is 0.319. The number of benzene rings is 2. The number of methoxy groups -OCH3 is 1. The molecule has 118 valence electrons. The van der Waals surface area contributed by atoms with E-state index in [9.17, 15) is 14.7 Å². The number of rotatable bonds is 5. The summed E-state index contributed by atoms with van der Waals surface area (Å²) in [5, 5.41) is 13.6. The van der Waals surface area contributed by atoms with Crippen molar-refractivity contribution in [3.05, 3.63) is 69.8 Å². The van der Waals surface area contributed by atoms with Crippen molar-refractivity contribution in [1.29, 1.82) is 0 Å². The van der Waals surface area contributed by atoms with Crippen LogP contribution >= 0.6 is 15.9 Å². The maximum atomic E-state index is 12.1. The first-order valence-corrected chi connectivity index (χ1v) is 7.43. The molecule has 0 spiro atoms. The van der Waals surface area contributed by atoms with Crippen molar-refractivity contribution >= 4 is 33.9 Å². The number of nitrogens with one attached hydrogen (secondary N) is 1. The van der Waals surface area contributed by atoms with Gasteiger partial charge in [-0.3, -0.25) is 4.79 Å². The second kappa shape index (κ2) is 7.60. The van der Waals surface area contributed by atoms with Crippen molar-refractivity contribution in [3.8, 4) is 5.75 Å². The minimum atomic E-state index is -1.47. The molecule has 2 aromatic rings. The highest BCUT2D eigenvalue weighted by Crippen LogP contribution is 2.14. The Balaban J connectivity index is 2.22. The SMILES string of the molecule is COc1ccc(/C=C(\NC(=O)c2cccc(Br)c2)C(=O)[O-])cc1. The number of carboxylic acid groups (broad SMARTS) is 1. The number of carbonyl (C=O) groups excluding carboxylic acids is 2. The first-order chi connectivity index (χ1) is 11.0. The lowest BCUT2D eigenvalue weighted by atomic mass is 10.1. The zero-order chi connectivity index (χ0) is 16.8. The van der Waals surface area contributed by atoms with Gasteiger partial charge in [-0.25, -0.2) is 0 Å². The van der Waals surface area contributed by atoms with Gasteiger partial charge >= 0.3 is 0 Å². The maximum absolute atomic E-state index is 12.1. The second-order valence-electron chi connectivity index (χ2n) is 4.58. The molecule has 1 amide bonds. The molecule has 0 radical (unpaired) electrons. The quantitative estimate of drug-likeness (QED) is 0.811. The van der Waals surface area contributed by atoms with Crippen molar-refractivity contribution in [2.24, 2.45) is 0 Å². The Bertz CT molecular complexity index is 753. The molecule has 2 rings (SSSR count). The van der Waals surface area contributed by atoms with Gasteiger partial charge in [0.25, 0.3) is 5.91 Å². The van der Waals surface area contributed by atoms with Gasteiger partial charge in [-0.1, -0.05) is 34.1 Å². The molecule has 0 aromatic heterocycles. The van der Waals surface area contributed by atoms with Gasteiger partial charge in [-0.15, -0.1) is 0 Å². The van der Waals surface area contributed by atoms with E-state index in [1.165, 1.54) is 13.2 Å². The first kappa shape index (κ1) is 16.8. The van der Waals surface area contributed by atoms with Crippen LogP contribution < -0.4 is 15.2 Å². The summed E-state index contributed by atoms with van der Waals surface area (Å²) < 4.78 is 5.75. The highest BCUT2D eigenvalue weighted by Gasteiger charge is 2.09. The van der Waals surface area contributed by atoms with Crippen LogP contribution in [-0.4, -0.2) is 19.0 Å². The van der Waals surface area contributed by atoms with E-state index in [0.717, 1.165) is 4.47 Å². The van der Waals surface area contributed by atoms with Crippen molar-refractivity contribution in [3.63, 3.8) is 0 Å². The summed E-state index contributed by atoms with van der Waals surface area (Å²) in [4.78, 5) is 23.4. The van der Waals surface area contributed by atoms with Crippen molar-refractivity contribution in [2.45, 2.75) is 0 Å². The molecule has 0 saturated carbocycles. The molecule has 0 aliphatic carbocycles. The van der Waals surface area contributed by atoms with E-state index in [1.807, 2.05) is 0 Å². The largest absolute Gasteiger partial charge is 0.543 e. The Hall–Kier alpha value is -2.60. The van der Waals surface area contributed by atoms with Crippen LogP contribution in [0.5, 0.6) is 5.75 Å². The van der Waals surface area contributed by atoms with Crippen LogP contribution in [0.15, 0.2) is 58.7 Å². The number of hydrogen-bond donors (Lipinski definition) is 1. The van der Waals surface area contributed by atoms with Crippen molar-refractivity contribution in [1.82, 2.24) is 5.32 Å². The van der Waals surface area contributed by atoms with Crippen molar-refractivity contribution in [2.75, 3.05) is 7.11 Å². The van der Waals surface area contributed by atoms with Gasteiger partial charge in [0.2, 0.25) is 0 Å². The Morgan fingerprint density at radius 3 is 2.43 bits per heavy atom. The molecule has 23 heavy (non-hydrogen) atoms. The predicted octanol–water partition coefficient (Wildman–Crippen LogP) is 1.98. The Kier molecular flexibility index (Phi) is 5.54. The fourth-order valence-electron chi connectivity index (χ4n) is 1.84. The molecule has 6 heteroatoms. The smallest absolute Gasteiger partial charge is 0.255 e. The van der Waals surface area contributed by atoms with E-state index >= 15 is 0 Å². The lowest BCUT2D eigenvalue weighted by Crippen LogP contribution is -2.35. The monoisotopic (exact) mass is 374 g/mol. The first-order valence-electron chi connectivity index (χ1n) is 6.63. The molecule has 1 N–H and O–H groups in total. The van der Waals surface area contributed by atoms with E-state index in [2.05, 4.69) is 21.2 Å². The minimum Gasteiger partial charge on any atom is -0.543 e. The highest BCUT2D eigenvalue weighted by molar-refractivity contribution is 9.10. The van der Waals surface area contributed by atoms with E-state index in [-0.39, 0.29) is 5.70 Å². The number of hydrogen-bond acceptors (Lipinski definition) is 4. The van der Waals surface area contributed by atoms with Gasteiger partial charge in [-0.05, 0) is 42.0 Å². The number of halogens is 1. The third-order valence-corrected chi connectivity index (χ3v) is 3.47. The topological polar surface area (TPSA) is 78.5 Å². The van der Waals surface area contributed by atoms with Crippen LogP contribution in [0.25, 0.3) is 6.08 Å². The molecule has 0 unspecified atom stereocenters. The molecule has 0 atom stereocenters. The lowest BCUT2D eigenvalue weighted by Gasteiger charge is -2.11. The molecular formula is C17H13BrNO4-. The van der Waals surface area contributed by atoms with Crippen LogP contribution in [-0.2, 0) is 4.79 Å². The zero-order valence-corrected chi connectivity index (χ0v) is 13.8. The number of aliphatic carboxylic acids is 1. The average molecular weight is 375 g/mol. The zero-order valence-electron chi connectivity index (χ0n) is 12.2. The number of carbonyl (C=O) groups is 2. The Labute approximate surface area is 141 Å². The van der Waals surface area contributed by atoms with Crippen LogP contribution in [0.1, 0.15) is 15.9 Å². The average Bonchev–Trinajstić information content (AvgIpc) is 2.54. The van der Waals surface area contributed by atoms with Gasteiger partial charge in [0.05, 0.1) is 18.8 Å². The molecular weight excluding hydrogens is 362 g/mol. The summed E-state index contributed by atoms with van der Waals surface area (Å²) in [6.45, 7) is 0. The molecule has 0 saturated heterocycles. The lowest BCUT2D eigenvalue weighted by molar-refractivity contribution is -0.299. The normalized spacial score (nSPS) is 11.0. The second-order valence-corrected chi connectivity index (χ2v) is 5.50. The van der Waals surface area contributed by atoms with E-state index in [1.54, 1.807) is 48.5 Å². The Morgan fingerprint density at radius 2 is 1.87 bits per heavy atom. The summed E-state index contributed by atoms with van der Waals surface area (Å²) in [5.41, 5.74) is 0.612. The summed E-state index contributed by atoms with van der Waals surface area (Å²) >= 11 is 3.26. The fraction of sp³-hybridized carbons (Fsp3) is 0.0588.